The molecule has 1 aliphatic rings. The van der Waals surface area contributed by atoms with Gasteiger partial charge < -0.3 is 21.7 Å². The Morgan fingerprint density at radius 1 is 1.39 bits per heavy atom. The Hall–Kier alpha value is -0.810. The number of piperidine rings is 1. The Morgan fingerprint density at radius 2 is 2.06 bits per heavy atom. The van der Waals surface area contributed by atoms with Gasteiger partial charge in [-0.05, 0) is 51.2 Å². The first-order valence-electron chi connectivity index (χ1n) is 7.14. The number of rotatable bonds is 7. The van der Waals surface area contributed by atoms with Gasteiger partial charge in [-0.3, -0.25) is 0 Å². The van der Waals surface area contributed by atoms with Crippen molar-refractivity contribution in [1.82, 2.24) is 10.2 Å². The molecule has 1 heterocycles. The van der Waals surface area contributed by atoms with Crippen molar-refractivity contribution in [2.75, 3.05) is 26.2 Å². The largest absolute Gasteiger partial charge is 0.352 e. The summed E-state index contributed by atoms with van der Waals surface area (Å²) < 4.78 is 0. The molecule has 0 aromatic carbocycles. The average molecular weight is 256 g/mol. The van der Waals surface area contributed by atoms with Crippen molar-refractivity contribution in [1.29, 1.82) is 0 Å². The SMILES string of the molecule is CCCC(CCNC(N)=O)N1CCC(CN)CC1. The van der Waals surface area contributed by atoms with E-state index in [0.29, 0.717) is 18.5 Å². The number of nitrogens with two attached hydrogens (primary N) is 2. The van der Waals surface area contributed by atoms with Crippen LogP contribution in [-0.4, -0.2) is 43.2 Å². The summed E-state index contributed by atoms with van der Waals surface area (Å²) in [6.07, 6.45) is 5.77. The van der Waals surface area contributed by atoms with Gasteiger partial charge in [0.25, 0.3) is 0 Å². The van der Waals surface area contributed by atoms with Crippen molar-refractivity contribution in [2.45, 2.75) is 45.1 Å². The van der Waals surface area contributed by atoms with Gasteiger partial charge in [-0.25, -0.2) is 4.79 Å². The van der Waals surface area contributed by atoms with Crippen LogP contribution < -0.4 is 16.8 Å². The zero-order valence-electron chi connectivity index (χ0n) is 11.5. The van der Waals surface area contributed by atoms with Gasteiger partial charge >= 0.3 is 6.03 Å². The molecule has 1 atom stereocenters. The monoisotopic (exact) mass is 256 g/mol. The summed E-state index contributed by atoms with van der Waals surface area (Å²) in [5.74, 6) is 0.701. The number of primary amides is 1. The van der Waals surface area contributed by atoms with Gasteiger partial charge in [-0.1, -0.05) is 13.3 Å². The van der Waals surface area contributed by atoms with E-state index in [-0.39, 0.29) is 0 Å². The molecule has 18 heavy (non-hydrogen) atoms. The highest BCUT2D eigenvalue weighted by Gasteiger charge is 2.23. The predicted molar refractivity (Wildman–Crippen MR) is 74.3 cm³/mol. The van der Waals surface area contributed by atoms with Gasteiger partial charge in [-0.15, -0.1) is 0 Å². The number of amides is 2. The molecule has 0 aromatic rings. The third-order valence-corrected chi connectivity index (χ3v) is 3.90. The fourth-order valence-electron chi connectivity index (χ4n) is 2.76. The second-order valence-electron chi connectivity index (χ2n) is 5.24. The molecular weight excluding hydrogens is 228 g/mol. The number of carbonyl (C=O) groups excluding carboxylic acids is 1. The molecule has 1 saturated heterocycles. The molecular formula is C13H28N4O. The summed E-state index contributed by atoms with van der Waals surface area (Å²) >= 11 is 0. The number of hydrogen-bond donors (Lipinski definition) is 3. The normalized spacial score (nSPS) is 19.7. The zero-order chi connectivity index (χ0) is 13.4. The van der Waals surface area contributed by atoms with E-state index in [1.165, 1.54) is 25.7 Å². The molecule has 0 bridgehead atoms. The minimum absolute atomic E-state index is 0.424. The second-order valence-corrected chi connectivity index (χ2v) is 5.24. The highest BCUT2D eigenvalue weighted by atomic mass is 16.2. The molecule has 1 unspecified atom stereocenters. The molecule has 0 radical (unpaired) electrons. The maximum Gasteiger partial charge on any atom is 0.312 e. The highest BCUT2D eigenvalue weighted by molar-refractivity contribution is 5.71. The lowest BCUT2D eigenvalue weighted by Gasteiger charge is -2.37. The van der Waals surface area contributed by atoms with E-state index in [2.05, 4.69) is 17.1 Å². The lowest BCUT2D eigenvalue weighted by Crippen LogP contribution is -2.44. The van der Waals surface area contributed by atoms with Crippen molar-refractivity contribution in [3.63, 3.8) is 0 Å². The standard InChI is InChI=1S/C13H28N4O/c1-2-3-12(4-7-16-13(15)18)17-8-5-11(10-14)6-9-17/h11-12H,2-10,14H2,1H3,(H3,15,16,18). The van der Waals surface area contributed by atoms with E-state index in [1.807, 2.05) is 0 Å². The lowest BCUT2D eigenvalue weighted by molar-refractivity contribution is 0.122. The van der Waals surface area contributed by atoms with Gasteiger partial charge in [0.05, 0.1) is 0 Å². The highest BCUT2D eigenvalue weighted by Crippen LogP contribution is 2.21. The summed E-state index contributed by atoms with van der Waals surface area (Å²) in [4.78, 5) is 13.2. The second kappa shape index (κ2) is 8.32. The molecule has 5 N–H and O–H groups in total. The van der Waals surface area contributed by atoms with Crippen molar-refractivity contribution in [2.24, 2.45) is 17.4 Å². The first-order chi connectivity index (χ1) is 8.67. The molecule has 1 fully saturated rings. The van der Waals surface area contributed by atoms with Crippen LogP contribution in [0, 0.1) is 5.92 Å². The predicted octanol–water partition coefficient (Wildman–Crippen LogP) is 0.884. The minimum atomic E-state index is -0.424. The van der Waals surface area contributed by atoms with E-state index in [9.17, 15) is 4.79 Å². The van der Waals surface area contributed by atoms with E-state index in [1.54, 1.807) is 0 Å². The Bertz CT molecular complexity index is 239. The molecule has 2 amide bonds. The quantitative estimate of drug-likeness (QED) is 0.632. The summed E-state index contributed by atoms with van der Waals surface area (Å²) in [5.41, 5.74) is 10.8. The summed E-state index contributed by atoms with van der Waals surface area (Å²) in [6.45, 7) is 5.99. The summed E-state index contributed by atoms with van der Waals surface area (Å²) in [6, 6.07) is 0.146. The molecule has 1 aliphatic heterocycles. The summed E-state index contributed by atoms with van der Waals surface area (Å²) in [5, 5.41) is 2.69. The zero-order valence-corrected chi connectivity index (χ0v) is 11.5. The molecule has 5 heteroatoms. The van der Waals surface area contributed by atoms with Crippen molar-refractivity contribution in [3.05, 3.63) is 0 Å². The number of hydrogen-bond acceptors (Lipinski definition) is 3. The number of carbonyl (C=O) groups is 1. The van der Waals surface area contributed by atoms with Crippen LogP contribution in [0.3, 0.4) is 0 Å². The molecule has 0 saturated carbocycles. The Labute approximate surface area is 110 Å². The van der Waals surface area contributed by atoms with Gasteiger partial charge in [0.2, 0.25) is 0 Å². The van der Waals surface area contributed by atoms with Crippen LogP contribution in [0.5, 0.6) is 0 Å². The first-order valence-corrected chi connectivity index (χ1v) is 7.14. The van der Waals surface area contributed by atoms with Gasteiger partial charge in [0, 0.05) is 12.6 Å². The summed E-state index contributed by atoms with van der Waals surface area (Å²) in [7, 11) is 0. The minimum Gasteiger partial charge on any atom is -0.352 e. The van der Waals surface area contributed by atoms with Crippen LogP contribution >= 0.6 is 0 Å². The van der Waals surface area contributed by atoms with Crippen molar-refractivity contribution >= 4 is 6.03 Å². The van der Waals surface area contributed by atoms with Gasteiger partial charge in [0.15, 0.2) is 0 Å². The van der Waals surface area contributed by atoms with Crippen LogP contribution in [0.2, 0.25) is 0 Å². The van der Waals surface area contributed by atoms with Crippen LogP contribution in [-0.2, 0) is 0 Å². The Kier molecular flexibility index (Phi) is 7.05. The number of likely N-dealkylation sites (tertiary alicyclic amines) is 1. The molecule has 0 aliphatic carbocycles. The first kappa shape index (κ1) is 15.2. The lowest BCUT2D eigenvalue weighted by atomic mass is 9.94. The number of nitrogens with one attached hydrogen (secondary N) is 1. The van der Waals surface area contributed by atoms with E-state index < -0.39 is 6.03 Å². The molecule has 0 aromatic heterocycles. The maximum atomic E-state index is 10.7. The van der Waals surface area contributed by atoms with Crippen molar-refractivity contribution < 1.29 is 4.79 Å². The van der Waals surface area contributed by atoms with Crippen LogP contribution in [0.15, 0.2) is 0 Å². The van der Waals surface area contributed by atoms with E-state index >= 15 is 0 Å². The fourth-order valence-corrected chi connectivity index (χ4v) is 2.76. The third-order valence-electron chi connectivity index (χ3n) is 3.90. The molecule has 106 valence electrons. The average Bonchev–Trinajstić information content (AvgIpc) is 2.37. The Balaban J connectivity index is 2.34. The number of nitrogens with zero attached hydrogens (tertiary/aromatic N) is 1. The van der Waals surface area contributed by atoms with Crippen LogP contribution in [0.25, 0.3) is 0 Å². The van der Waals surface area contributed by atoms with Crippen LogP contribution in [0.4, 0.5) is 4.79 Å². The Morgan fingerprint density at radius 3 is 2.56 bits per heavy atom. The van der Waals surface area contributed by atoms with E-state index in [0.717, 1.165) is 26.1 Å². The van der Waals surface area contributed by atoms with Gasteiger partial charge in [0.1, 0.15) is 0 Å². The molecule has 5 nitrogen and oxygen atoms in total. The third kappa shape index (κ3) is 5.23. The van der Waals surface area contributed by atoms with Crippen LogP contribution in [0.1, 0.15) is 39.0 Å². The fraction of sp³-hybridized carbons (Fsp3) is 0.923. The smallest absolute Gasteiger partial charge is 0.312 e. The molecule has 1 rings (SSSR count). The molecule has 0 spiro atoms. The number of urea groups is 1. The maximum absolute atomic E-state index is 10.7. The van der Waals surface area contributed by atoms with Gasteiger partial charge in [-0.2, -0.15) is 0 Å². The topological polar surface area (TPSA) is 84.4 Å². The van der Waals surface area contributed by atoms with Crippen molar-refractivity contribution in [3.8, 4) is 0 Å². The van der Waals surface area contributed by atoms with E-state index in [4.69, 9.17) is 11.5 Å².